The largest absolute Gasteiger partial charge is 0.490 e. The molecule has 174 valence electrons. The maximum Gasteiger partial charge on any atom is 0.224 e. The second-order valence-electron chi connectivity index (χ2n) is 11.7. The van der Waals surface area contributed by atoms with E-state index in [2.05, 4.69) is 73.4 Å². The lowest BCUT2D eigenvalue weighted by atomic mass is 9.48. The third kappa shape index (κ3) is 3.36. The van der Waals surface area contributed by atoms with Gasteiger partial charge in [-0.1, -0.05) is 26.8 Å². The van der Waals surface area contributed by atoms with Crippen LogP contribution in [0.2, 0.25) is 0 Å². The summed E-state index contributed by atoms with van der Waals surface area (Å²) in [5.41, 5.74) is 2.85. The van der Waals surface area contributed by atoms with E-state index in [0.29, 0.717) is 35.5 Å². The van der Waals surface area contributed by atoms with Crippen LogP contribution in [0.3, 0.4) is 0 Å². The zero-order valence-electron chi connectivity index (χ0n) is 20.1. The Labute approximate surface area is 197 Å². The molecule has 1 aromatic heterocycles. The lowest BCUT2D eigenvalue weighted by molar-refractivity contribution is -0.125. The summed E-state index contributed by atoms with van der Waals surface area (Å²) in [6.45, 7) is 7.31. The van der Waals surface area contributed by atoms with Gasteiger partial charge in [0.1, 0.15) is 5.75 Å². The van der Waals surface area contributed by atoms with E-state index in [-0.39, 0.29) is 17.4 Å². The van der Waals surface area contributed by atoms with Gasteiger partial charge < -0.3 is 14.6 Å². The van der Waals surface area contributed by atoms with Gasteiger partial charge in [0.25, 0.3) is 0 Å². The molecule has 4 aliphatic rings. The predicted molar refractivity (Wildman–Crippen MR) is 130 cm³/mol. The second kappa shape index (κ2) is 7.51. The highest BCUT2D eigenvalue weighted by molar-refractivity contribution is 5.79. The third-order valence-corrected chi connectivity index (χ3v) is 9.72. The first-order valence-corrected chi connectivity index (χ1v) is 12.8. The van der Waals surface area contributed by atoms with Crippen LogP contribution in [0.25, 0.3) is 5.69 Å². The monoisotopic (exact) mass is 444 g/mol. The molecule has 33 heavy (non-hydrogen) atoms. The van der Waals surface area contributed by atoms with Crippen molar-refractivity contribution in [2.45, 2.75) is 65.4 Å². The molecule has 3 aliphatic carbocycles. The minimum atomic E-state index is 0.125. The lowest BCUT2D eigenvalue weighted by Gasteiger charge is -2.58. The van der Waals surface area contributed by atoms with Gasteiger partial charge in [-0.2, -0.15) is 0 Å². The van der Waals surface area contributed by atoms with Crippen molar-refractivity contribution >= 4 is 5.91 Å². The van der Waals surface area contributed by atoms with Crippen molar-refractivity contribution in [3.05, 3.63) is 60.6 Å². The lowest BCUT2D eigenvalue weighted by Crippen LogP contribution is -2.54. The average molecular weight is 445 g/mol. The minimum absolute atomic E-state index is 0.125. The van der Waals surface area contributed by atoms with Gasteiger partial charge in [-0.3, -0.25) is 4.79 Å². The highest BCUT2D eigenvalue weighted by atomic mass is 16.5. The number of carbonyl (C=O) groups excluding carboxylic acids is 1. The van der Waals surface area contributed by atoms with Crippen molar-refractivity contribution < 1.29 is 9.53 Å². The SMILES string of the molecule is CC1C=C2NC(=O)CC[C@]2(C)[C@@H]2CC[C@]3(C)CC(Oc4ccc(-n5cccc5)cc4)C[C@H]3[C@H]12. The molecule has 3 fully saturated rings. The van der Waals surface area contributed by atoms with E-state index in [0.717, 1.165) is 30.7 Å². The summed E-state index contributed by atoms with van der Waals surface area (Å²) in [4.78, 5) is 12.1. The quantitative estimate of drug-likeness (QED) is 0.620. The third-order valence-electron chi connectivity index (χ3n) is 9.72. The molecular formula is C29H36N2O2. The number of nitrogens with one attached hydrogen (secondary N) is 1. The van der Waals surface area contributed by atoms with E-state index in [1.807, 2.05) is 12.1 Å². The Kier molecular flexibility index (Phi) is 4.80. The number of rotatable bonds is 3. The Bertz CT molecular complexity index is 1070. The number of ether oxygens (including phenoxy) is 1. The Balaban J connectivity index is 1.22. The van der Waals surface area contributed by atoms with Crippen LogP contribution in [0, 0.1) is 34.5 Å². The van der Waals surface area contributed by atoms with E-state index in [4.69, 9.17) is 4.74 Å². The first-order valence-electron chi connectivity index (χ1n) is 12.8. The number of allylic oxidation sites excluding steroid dienone is 2. The van der Waals surface area contributed by atoms with Gasteiger partial charge in [0.15, 0.2) is 0 Å². The second-order valence-corrected chi connectivity index (χ2v) is 11.7. The molecule has 2 aromatic rings. The van der Waals surface area contributed by atoms with Gasteiger partial charge in [-0.25, -0.2) is 0 Å². The van der Waals surface area contributed by atoms with Gasteiger partial charge >= 0.3 is 0 Å². The summed E-state index contributed by atoms with van der Waals surface area (Å²) in [5, 5.41) is 3.24. The maximum absolute atomic E-state index is 12.1. The molecule has 4 heteroatoms. The van der Waals surface area contributed by atoms with Crippen LogP contribution in [0.5, 0.6) is 5.75 Å². The number of hydrogen-bond acceptors (Lipinski definition) is 2. The van der Waals surface area contributed by atoms with Crippen molar-refractivity contribution in [2.75, 3.05) is 0 Å². The zero-order valence-corrected chi connectivity index (χ0v) is 20.1. The van der Waals surface area contributed by atoms with Crippen LogP contribution in [-0.2, 0) is 4.79 Å². The van der Waals surface area contributed by atoms with Gasteiger partial charge in [-0.15, -0.1) is 0 Å². The number of carbonyl (C=O) groups is 1. The Hall–Kier alpha value is -2.49. The topological polar surface area (TPSA) is 43.3 Å². The molecule has 6 rings (SSSR count). The average Bonchev–Trinajstić information content (AvgIpc) is 3.43. The summed E-state index contributed by atoms with van der Waals surface area (Å²) in [7, 11) is 0. The molecule has 1 aromatic carbocycles. The van der Waals surface area contributed by atoms with Crippen LogP contribution in [0.15, 0.2) is 60.6 Å². The molecule has 1 N–H and O–H groups in total. The fraction of sp³-hybridized carbons (Fsp3) is 0.552. The van der Waals surface area contributed by atoms with Crippen molar-refractivity contribution in [2.24, 2.45) is 34.5 Å². The van der Waals surface area contributed by atoms with Gasteiger partial charge in [0.2, 0.25) is 5.91 Å². The van der Waals surface area contributed by atoms with E-state index < -0.39 is 0 Å². The standard InChI is InChI=1S/C29H36N2O2/c1-19-16-25-29(3,13-11-26(32)30-25)23-10-12-28(2)18-22(17-24(28)27(19)23)33-21-8-6-20(7-9-21)31-14-4-5-15-31/h4-9,14-16,19,22-24,27H,10-13,17-18H2,1-3H3,(H,30,32)/t19?,22?,23-,24+,27-,28-,29-/m1/s1. The normalized spacial score (nSPS) is 39.7. The summed E-state index contributed by atoms with van der Waals surface area (Å²) in [6.07, 6.45) is 13.3. The van der Waals surface area contributed by atoms with E-state index in [1.165, 1.54) is 18.5 Å². The predicted octanol–water partition coefficient (Wildman–Crippen LogP) is 6.12. The molecule has 1 aliphatic heterocycles. The molecule has 1 saturated heterocycles. The van der Waals surface area contributed by atoms with Gasteiger partial charge in [0.05, 0.1) is 6.10 Å². The van der Waals surface area contributed by atoms with Gasteiger partial charge in [0, 0.05) is 35.6 Å². The molecule has 2 saturated carbocycles. The molecule has 2 unspecified atom stereocenters. The number of fused-ring (bicyclic) bond motifs is 5. The minimum Gasteiger partial charge on any atom is -0.490 e. The molecule has 0 bridgehead atoms. The molecule has 0 spiro atoms. The first kappa shape index (κ1) is 21.1. The number of aromatic nitrogens is 1. The number of benzene rings is 1. The smallest absolute Gasteiger partial charge is 0.224 e. The number of amides is 1. The zero-order chi connectivity index (χ0) is 22.8. The van der Waals surface area contributed by atoms with E-state index in [1.54, 1.807) is 0 Å². The first-order chi connectivity index (χ1) is 15.9. The fourth-order valence-corrected chi connectivity index (χ4v) is 8.01. The molecule has 4 nitrogen and oxygen atoms in total. The summed E-state index contributed by atoms with van der Waals surface area (Å²) < 4.78 is 8.70. The summed E-state index contributed by atoms with van der Waals surface area (Å²) >= 11 is 0. The van der Waals surface area contributed by atoms with Crippen molar-refractivity contribution in [1.82, 2.24) is 9.88 Å². The Morgan fingerprint density at radius 2 is 1.82 bits per heavy atom. The molecule has 2 heterocycles. The number of piperidine rings is 1. The fourth-order valence-electron chi connectivity index (χ4n) is 8.01. The Morgan fingerprint density at radius 3 is 2.58 bits per heavy atom. The molecule has 0 radical (unpaired) electrons. The van der Waals surface area contributed by atoms with E-state index in [9.17, 15) is 4.79 Å². The van der Waals surface area contributed by atoms with Crippen molar-refractivity contribution in [1.29, 1.82) is 0 Å². The molecule has 7 atom stereocenters. The van der Waals surface area contributed by atoms with Crippen molar-refractivity contribution in [3.63, 3.8) is 0 Å². The van der Waals surface area contributed by atoms with Crippen LogP contribution >= 0.6 is 0 Å². The van der Waals surface area contributed by atoms with Crippen LogP contribution in [0.4, 0.5) is 0 Å². The van der Waals surface area contributed by atoms with Crippen LogP contribution in [0.1, 0.15) is 59.3 Å². The summed E-state index contributed by atoms with van der Waals surface area (Å²) in [5.74, 6) is 3.70. The van der Waals surface area contributed by atoms with Crippen molar-refractivity contribution in [3.8, 4) is 11.4 Å². The molecule has 1 amide bonds. The molecular weight excluding hydrogens is 408 g/mol. The number of nitrogens with zero attached hydrogens (tertiary/aromatic N) is 1. The highest BCUT2D eigenvalue weighted by Gasteiger charge is 2.59. The maximum atomic E-state index is 12.1. The van der Waals surface area contributed by atoms with Gasteiger partial charge in [-0.05, 0) is 97.6 Å². The van der Waals surface area contributed by atoms with E-state index >= 15 is 0 Å². The summed E-state index contributed by atoms with van der Waals surface area (Å²) in [6, 6.07) is 12.6. The number of hydrogen-bond donors (Lipinski definition) is 1. The highest BCUT2D eigenvalue weighted by Crippen LogP contribution is 2.65. The van der Waals surface area contributed by atoms with Crippen LogP contribution < -0.4 is 10.1 Å². The van der Waals surface area contributed by atoms with Crippen LogP contribution in [-0.4, -0.2) is 16.6 Å². The Morgan fingerprint density at radius 1 is 1.06 bits per heavy atom.